The van der Waals surface area contributed by atoms with Crippen LogP contribution in [0.3, 0.4) is 0 Å². The number of Topliss-reactive ketones (excluding diaryl/α,β-unsaturated/α-hetero) is 1. The Morgan fingerprint density at radius 1 is 1.00 bits per heavy atom. The van der Waals surface area contributed by atoms with Crippen LogP contribution >= 0.6 is 0 Å². The Bertz CT molecular complexity index is 497. The summed E-state index contributed by atoms with van der Waals surface area (Å²) in [4.78, 5) is 23.3. The molecule has 3 nitrogen and oxygen atoms in total. The molecule has 0 spiro atoms. The van der Waals surface area contributed by atoms with E-state index < -0.39 is 6.10 Å². The van der Waals surface area contributed by atoms with Crippen LogP contribution in [-0.4, -0.2) is 17.9 Å². The second-order valence-electron chi connectivity index (χ2n) is 5.84. The zero-order valence-electron chi connectivity index (χ0n) is 11.6. The minimum absolute atomic E-state index is 0.0638. The van der Waals surface area contributed by atoms with Crippen LogP contribution in [0.15, 0.2) is 24.3 Å². The summed E-state index contributed by atoms with van der Waals surface area (Å²) in [5.74, 6) is 0.324. The summed E-state index contributed by atoms with van der Waals surface area (Å²) in [5, 5.41) is 0. The van der Waals surface area contributed by atoms with Crippen molar-refractivity contribution in [2.45, 2.75) is 57.0 Å². The molecule has 1 unspecified atom stereocenters. The lowest BCUT2D eigenvalue weighted by Crippen LogP contribution is -2.20. The van der Waals surface area contributed by atoms with E-state index in [1.165, 1.54) is 37.7 Å². The third-order valence-corrected chi connectivity index (χ3v) is 4.45. The summed E-state index contributed by atoms with van der Waals surface area (Å²) < 4.78 is 5.04. The predicted molar refractivity (Wildman–Crippen MR) is 75.7 cm³/mol. The highest BCUT2D eigenvalue weighted by Crippen LogP contribution is 2.32. The van der Waals surface area contributed by atoms with Crippen LogP contribution in [0.1, 0.15) is 66.8 Å². The minimum Gasteiger partial charge on any atom is -0.454 e. The van der Waals surface area contributed by atoms with Gasteiger partial charge in [0.2, 0.25) is 5.78 Å². The highest BCUT2D eigenvalue weighted by Gasteiger charge is 2.30. The molecule has 3 heteroatoms. The number of esters is 1. The van der Waals surface area contributed by atoms with Gasteiger partial charge < -0.3 is 4.74 Å². The molecule has 0 radical (unpaired) electrons. The highest BCUT2D eigenvalue weighted by atomic mass is 16.6. The van der Waals surface area contributed by atoms with Crippen LogP contribution in [-0.2, 0) is 9.53 Å². The van der Waals surface area contributed by atoms with Crippen molar-refractivity contribution in [1.29, 1.82) is 0 Å². The normalized spacial score (nSPS) is 23.6. The molecule has 1 aromatic carbocycles. The number of cyclic esters (lactones) is 1. The molecular formula is C17H20O3. The largest absolute Gasteiger partial charge is 0.454 e. The van der Waals surface area contributed by atoms with Gasteiger partial charge in [-0.2, -0.15) is 0 Å². The molecule has 1 aromatic rings. The molecule has 2 fully saturated rings. The molecule has 0 N–H and O–H groups in total. The lowest BCUT2D eigenvalue weighted by Gasteiger charge is -2.22. The first-order chi connectivity index (χ1) is 9.74. The quantitative estimate of drug-likeness (QED) is 0.623. The van der Waals surface area contributed by atoms with Crippen LogP contribution in [0.4, 0.5) is 0 Å². The SMILES string of the molecule is O=C1CCC(C(=O)c2ccc(C3CCCCC3)cc2)O1. The fourth-order valence-corrected chi connectivity index (χ4v) is 3.25. The number of hydrogen-bond acceptors (Lipinski definition) is 3. The van der Waals surface area contributed by atoms with E-state index in [0.29, 0.717) is 24.3 Å². The Morgan fingerprint density at radius 2 is 1.70 bits per heavy atom. The van der Waals surface area contributed by atoms with Gasteiger partial charge in [0.05, 0.1) is 0 Å². The van der Waals surface area contributed by atoms with Crippen molar-refractivity contribution in [3.8, 4) is 0 Å². The van der Waals surface area contributed by atoms with Crippen molar-refractivity contribution in [1.82, 2.24) is 0 Å². The van der Waals surface area contributed by atoms with Crippen LogP contribution < -0.4 is 0 Å². The average molecular weight is 272 g/mol. The van der Waals surface area contributed by atoms with E-state index in [1.54, 1.807) is 0 Å². The molecule has 1 aliphatic carbocycles. The average Bonchev–Trinajstić information content (AvgIpc) is 2.94. The number of carbonyl (C=O) groups is 2. The van der Waals surface area contributed by atoms with Crippen molar-refractivity contribution in [3.05, 3.63) is 35.4 Å². The first-order valence-corrected chi connectivity index (χ1v) is 7.58. The van der Waals surface area contributed by atoms with Crippen LogP contribution in [0.2, 0.25) is 0 Å². The first-order valence-electron chi connectivity index (χ1n) is 7.58. The van der Waals surface area contributed by atoms with E-state index in [-0.39, 0.29) is 11.8 Å². The van der Waals surface area contributed by atoms with Gasteiger partial charge in [0.15, 0.2) is 6.10 Å². The van der Waals surface area contributed by atoms with E-state index in [4.69, 9.17) is 4.74 Å². The Kier molecular flexibility index (Phi) is 3.86. The summed E-state index contributed by atoms with van der Waals surface area (Å²) in [6.45, 7) is 0. The molecule has 0 bridgehead atoms. The van der Waals surface area contributed by atoms with Crippen molar-refractivity contribution in [2.24, 2.45) is 0 Å². The molecule has 3 rings (SSSR count). The molecule has 2 aliphatic rings. The minimum atomic E-state index is -0.567. The fraction of sp³-hybridized carbons (Fsp3) is 0.529. The van der Waals surface area contributed by atoms with Crippen molar-refractivity contribution >= 4 is 11.8 Å². The Labute approximate surface area is 119 Å². The molecule has 1 saturated carbocycles. The lowest BCUT2D eigenvalue weighted by molar-refractivity contribution is -0.140. The van der Waals surface area contributed by atoms with E-state index in [9.17, 15) is 9.59 Å². The summed E-state index contributed by atoms with van der Waals surface area (Å²) in [7, 11) is 0. The summed E-state index contributed by atoms with van der Waals surface area (Å²) >= 11 is 0. The van der Waals surface area contributed by atoms with Gasteiger partial charge in [-0.05, 0) is 24.3 Å². The third kappa shape index (κ3) is 2.77. The molecule has 0 aromatic heterocycles. The number of ketones is 1. The number of benzene rings is 1. The van der Waals surface area contributed by atoms with Gasteiger partial charge in [-0.3, -0.25) is 9.59 Å². The molecule has 1 saturated heterocycles. The zero-order valence-corrected chi connectivity index (χ0v) is 11.6. The number of rotatable bonds is 3. The topological polar surface area (TPSA) is 43.4 Å². The number of carbonyl (C=O) groups excluding carboxylic acids is 2. The zero-order chi connectivity index (χ0) is 13.9. The van der Waals surface area contributed by atoms with Gasteiger partial charge >= 0.3 is 5.97 Å². The van der Waals surface area contributed by atoms with Crippen molar-refractivity contribution < 1.29 is 14.3 Å². The van der Waals surface area contributed by atoms with Gasteiger partial charge in [0, 0.05) is 18.4 Å². The van der Waals surface area contributed by atoms with E-state index in [2.05, 4.69) is 12.1 Å². The summed E-state index contributed by atoms with van der Waals surface area (Å²) in [5.41, 5.74) is 1.99. The molecular weight excluding hydrogens is 252 g/mol. The second kappa shape index (κ2) is 5.78. The van der Waals surface area contributed by atoms with Crippen LogP contribution in [0.5, 0.6) is 0 Å². The van der Waals surface area contributed by atoms with Gasteiger partial charge in [-0.15, -0.1) is 0 Å². The molecule has 1 atom stereocenters. The number of hydrogen-bond donors (Lipinski definition) is 0. The van der Waals surface area contributed by atoms with Gasteiger partial charge in [-0.1, -0.05) is 43.5 Å². The summed E-state index contributed by atoms with van der Waals surface area (Å²) in [6, 6.07) is 7.91. The van der Waals surface area contributed by atoms with E-state index in [0.717, 1.165) is 0 Å². The lowest BCUT2D eigenvalue weighted by atomic mass is 9.84. The molecule has 106 valence electrons. The Hall–Kier alpha value is -1.64. The molecule has 1 aliphatic heterocycles. The summed E-state index contributed by atoms with van der Waals surface area (Å²) in [6.07, 6.45) is 6.79. The third-order valence-electron chi connectivity index (χ3n) is 4.45. The van der Waals surface area contributed by atoms with Crippen molar-refractivity contribution in [2.75, 3.05) is 0 Å². The van der Waals surface area contributed by atoms with Gasteiger partial charge in [0.1, 0.15) is 0 Å². The first kappa shape index (κ1) is 13.3. The number of ether oxygens (including phenoxy) is 1. The maximum atomic E-state index is 12.2. The smallest absolute Gasteiger partial charge is 0.306 e. The predicted octanol–water partition coefficient (Wildman–Crippen LogP) is 3.62. The Balaban J connectivity index is 1.69. The van der Waals surface area contributed by atoms with E-state index >= 15 is 0 Å². The van der Waals surface area contributed by atoms with Crippen LogP contribution in [0.25, 0.3) is 0 Å². The van der Waals surface area contributed by atoms with Crippen molar-refractivity contribution in [3.63, 3.8) is 0 Å². The van der Waals surface area contributed by atoms with Crippen LogP contribution in [0, 0.1) is 0 Å². The Morgan fingerprint density at radius 3 is 2.30 bits per heavy atom. The molecule has 1 heterocycles. The van der Waals surface area contributed by atoms with Gasteiger partial charge in [0.25, 0.3) is 0 Å². The fourth-order valence-electron chi connectivity index (χ4n) is 3.25. The second-order valence-corrected chi connectivity index (χ2v) is 5.84. The highest BCUT2D eigenvalue weighted by molar-refractivity contribution is 6.01. The maximum Gasteiger partial charge on any atom is 0.306 e. The monoisotopic (exact) mass is 272 g/mol. The standard InChI is InChI=1S/C17H20O3/c18-16-11-10-15(20-16)17(19)14-8-6-13(7-9-14)12-4-2-1-3-5-12/h6-9,12,15H,1-5,10-11H2. The molecule has 0 amide bonds. The maximum absolute atomic E-state index is 12.2. The molecule has 20 heavy (non-hydrogen) atoms. The van der Waals surface area contributed by atoms with Gasteiger partial charge in [-0.25, -0.2) is 0 Å². The van der Waals surface area contributed by atoms with E-state index in [1.807, 2.05) is 12.1 Å².